The van der Waals surface area contributed by atoms with E-state index in [9.17, 15) is 4.79 Å². The summed E-state index contributed by atoms with van der Waals surface area (Å²) in [5, 5.41) is 2.09. The molecule has 0 spiro atoms. The maximum absolute atomic E-state index is 13.6. The highest BCUT2D eigenvalue weighted by Crippen LogP contribution is 2.44. The number of aliphatic imine (C=N–C) groups is 1. The summed E-state index contributed by atoms with van der Waals surface area (Å²) in [7, 11) is 1.62. The van der Waals surface area contributed by atoms with Gasteiger partial charge >= 0.3 is 0 Å². The van der Waals surface area contributed by atoms with Crippen LogP contribution in [0.1, 0.15) is 21.5 Å². The number of nitrogens with one attached hydrogen (secondary N) is 1. The predicted octanol–water partition coefficient (Wildman–Crippen LogP) is 6.28. The molecule has 1 aliphatic heterocycles. The monoisotopic (exact) mass is 445 g/mol. The smallest absolute Gasteiger partial charge is 0.195 e. The fourth-order valence-electron chi connectivity index (χ4n) is 5.03. The molecule has 1 atom stereocenters. The number of benzene rings is 4. The molecule has 0 fully saturated rings. The third-order valence-corrected chi connectivity index (χ3v) is 6.66. The summed E-state index contributed by atoms with van der Waals surface area (Å²) in [6.07, 6.45) is 0.702. The topological polar surface area (TPSA) is 57.7 Å². The number of aromatic nitrogens is 1. The zero-order valence-corrected chi connectivity index (χ0v) is 18.8. The number of methoxy groups -OCH3 is 1. The number of ether oxygens (including phenoxy) is 1. The van der Waals surface area contributed by atoms with Gasteiger partial charge in [0.2, 0.25) is 0 Å². The zero-order chi connectivity index (χ0) is 23.2. The van der Waals surface area contributed by atoms with Crippen molar-refractivity contribution < 1.29 is 9.53 Å². The Kier molecular flexibility index (Phi) is 4.69. The number of ketones is 1. The number of carbonyl (C=O) groups is 1. The van der Waals surface area contributed by atoms with Crippen molar-refractivity contribution in [3.63, 3.8) is 0 Å². The van der Waals surface area contributed by atoms with Gasteiger partial charge in [-0.25, -0.2) is 0 Å². The van der Waals surface area contributed by atoms with E-state index in [1.807, 2.05) is 48.5 Å². The maximum Gasteiger partial charge on any atom is 0.195 e. The first kappa shape index (κ1) is 20.2. The minimum atomic E-state index is -0.0996. The number of hydrogen-bond acceptors (Lipinski definition) is 4. The van der Waals surface area contributed by atoms with Gasteiger partial charge in [0.25, 0.3) is 0 Å². The Hall–Kier alpha value is -4.38. The number of anilines is 2. The molecule has 1 N–H and O–H groups in total. The lowest BCUT2D eigenvalue weighted by Crippen LogP contribution is -2.25. The molecule has 0 radical (unpaired) electrons. The third kappa shape index (κ3) is 3.01. The molecule has 0 bridgehead atoms. The van der Waals surface area contributed by atoms with E-state index >= 15 is 0 Å². The van der Waals surface area contributed by atoms with E-state index < -0.39 is 0 Å². The fourth-order valence-corrected chi connectivity index (χ4v) is 5.03. The molecule has 1 aromatic heterocycles. The van der Waals surface area contributed by atoms with Gasteiger partial charge in [0.15, 0.2) is 5.78 Å². The predicted molar refractivity (Wildman–Crippen MR) is 138 cm³/mol. The molecule has 5 aromatic rings. The Morgan fingerprint density at radius 2 is 1.74 bits per heavy atom. The summed E-state index contributed by atoms with van der Waals surface area (Å²) in [6, 6.07) is 27.7. The molecular weight excluding hydrogens is 422 g/mol. The van der Waals surface area contributed by atoms with Gasteiger partial charge in [0.1, 0.15) is 11.9 Å². The molecule has 34 heavy (non-hydrogen) atoms. The van der Waals surface area contributed by atoms with Crippen LogP contribution in [0.2, 0.25) is 0 Å². The van der Waals surface area contributed by atoms with Gasteiger partial charge < -0.3 is 14.6 Å². The molecule has 6 rings (SSSR count). The highest BCUT2D eigenvalue weighted by molar-refractivity contribution is 6.23. The molecule has 1 unspecified atom stereocenters. The number of rotatable bonds is 5. The van der Waals surface area contributed by atoms with E-state index in [0.717, 1.165) is 45.4 Å². The van der Waals surface area contributed by atoms with Crippen LogP contribution in [0.25, 0.3) is 21.8 Å². The van der Waals surface area contributed by atoms with Crippen LogP contribution < -0.4 is 9.64 Å². The standard InChI is InChI=1S/C29H23N3O2/c1-30-26-17-19-7-3-6-10-24(19)32(26)25-16-15-22(29(33)18-11-13-20(34-2)14-12-18)28-27(25)21-8-4-5-9-23(21)31-28/h3-16,26,31H,1,17H2,2H3. The van der Waals surface area contributed by atoms with Crippen molar-refractivity contribution in [3.05, 3.63) is 102 Å². The first-order chi connectivity index (χ1) is 16.7. The van der Waals surface area contributed by atoms with Gasteiger partial charge in [-0.3, -0.25) is 9.79 Å². The van der Waals surface area contributed by atoms with Crippen LogP contribution in [0, 0.1) is 0 Å². The van der Waals surface area contributed by atoms with E-state index in [-0.39, 0.29) is 11.9 Å². The van der Waals surface area contributed by atoms with E-state index in [0.29, 0.717) is 11.1 Å². The Balaban J connectivity index is 1.59. The zero-order valence-electron chi connectivity index (χ0n) is 18.8. The number of hydrogen-bond donors (Lipinski definition) is 1. The summed E-state index contributed by atoms with van der Waals surface area (Å²) >= 11 is 0. The Labute approximate surface area is 197 Å². The van der Waals surface area contributed by atoms with E-state index in [1.54, 1.807) is 19.2 Å². The molecule has 5 nitrogen and oxygen atoms in total. The normalized spacial score (nSPS) is 15.0. The SMILES string of the molecule is C=NC1Cc2ccccc2N1c1ccc(C(=O)c2ccc(OC)cc2)c2[nH]c3ccccc3c12. The number of carbonyl (C=O) groups excluding carboxylic acids is 1. The van der Waals surface area contributed by atoms with Gasteiger partial charge in [0.05, 0.1) is 18.3 Å². The van der Waals surface area contributed by atoms with Crippen LogP contribution in [-0.2, 0) is 6.42 Å². The first-order valence-corrected chi connectivity index (χ1v) is 11.2. The van der Waals surface area contributed by atoms with Gasteiger partial charge in [-0.05, 0) is 60.8 Å². The van der Waals surface area contributed by atoms with Crippen LogP contribution in [0.3, 0.4) is 0 Å². The van der Waals surface area contributed by atoms with Crippen LogP contribution in [0.5, 0.6) is 5.75 Å². The van der Waals surface area contributed by atoms with Gasteiger partial charge in [0, 0.05) is 39.5 Å². The Bertz CT molecular complexity index is 1570. The number of aromatic amines is 1. The molecule has 0 saturated carbocycles. The van der Waals surface area contributed by atoms with Crippen LogP contribution >= 0.6 is 0 Å². The van der Waals surface area contributed by atoms with Crippen molar-refractivity contribution in [2.45, 2.75) is 12.6 Å². The van der Waals surface area contributed by atoms with E-state index in [1.165, 1.54) is 5.56 Å². The Morgan fingerprint density at radius 1 is 0.971 bits per heavy atom. The van der Waals surface area contributed by atoms with Gasteiger partial charge in [-0.2, -0.15) is 0 Å². The largest absolute Gasteiger partial charge is 0.497 e. The van der Waals surface area contributed by atoms with Crippen LogP contribution in [-0.4, -0.2) is 30.8 Å². The van der Waals surface area contributed by atoms with Gasteiger partial charge in [-0.15, -0.1) is 0 Å². The van der Waals surface area contributed by atoms with Gasteiger partial charge in [-0.1, -0.05) is 36.4 Å². The molecule has 4 aromatic carbocycles. The van der Waals surface area contributed by atoms with Crippen molar-refractivity contribution in [1.82, 2.24) is 4.98 Å². The van der Waals surface area contributed by atoms with Crippen molar-refractivity contribution in [1.29, 1.82) is 0 Å². The molecule has 2 heterocycles. The highest BCUT2D eigenvalue weighted by Gasteiger charge is 2.31. The second kappa shape index (κ2) is 7.89. The molecular formula is C29H23N3O2. The Morgan fingerprint density at radius 3 is 2.53 bits per heavy atom. The minimum Gasteiger partial charge on any atom is -0.497 e. The van der Waals surface area contributed by atoms with Crippen LogP contribution in [0.4, 0.5) is 11.4 Å². The summed E-state index contributed by atoms with van der Waals surface area (Å²) in [4.78, 5) is 23.8. The minimum absolute atomic E-state index is 0.0361. The third-order valence-electron chi connectivity index (χ3n) is 6.66. The van der Waals surface area contributed by atoms with E-state index in [4.69, 9.17) is 4.74 Å². The van der Waals surface area contributed by atoms with E-state index in [2.05, 4.69) is 45.9 Å². The molecule has 5 heteroatoms. The number of para-hydroxylation sites is 2. The number of H-pyrrole nitrogens is 1. The molecule has 166 valence electrons. The second-order valence-corrected chi connectivity index (χ2v) is 8.48. The van der Waals surface area contributed by atoms with Crippen molar-refractivity contribution >= 4 is 45.7 Å². The lowest BCUT2D eigenvalue weighted by atomic mass is 9.98. The summed E-state index contributed by atoms with van der Waals surface area (Å²) in [5.41, 5.74) is 6.45. The molecule has 0 amide bonds. The van der Waals surface area contributed by atoms with Crippen molar-refractivity contribution in [3.8, 4) is 5.75 Å². The summed E-state index contributed by atoms with van der Waals surface area (Å²) in [5.74, 6) is 0.685. The molecule has 1 aliphatic rings. The number of nitrogens with zero attached hydrogens (tertiary/aromatic N) is 2. The quantitative estimate of drug-likeness (QED) is 0.256. The highest BCUT2D eigenvalue weighted by atomic mass is 16.5. The maximum atomic E-state index is 13.6. The fraction of sp³-hybridized carbons (Fsp3) is 0.103. The first-order valence-electron chi connectivity index (χ1n) is 11.2. The number of fused-ring (bicyclic) bond motifs is 4. The second-order valence-electron chi connectivity index (χ2n) is 8.48. The van der Waals surface area contributed by atoms with Crippen molar-refractivity contribution in [2.24, 2.45) is 4.99 Å². The summed E-state index contributed by atoms with van der Waals surface area (Å²) < 4.78 is 5.25. The lowest BCUT2D eigenvalue weighted by Gasteiger charge is -2.26. The van der Waals surface area contributed by atoms with Crippen molar-refractivity contribution in [2.75, 3.05) is 12.0 Å². The molecule has 0 aliphatic carbocycles. The average molecular weight is 446 g/mol. The average Bonchev–Trinajstić information content (AvgIpc) is 3.46. The lowest BCUT2D eigenvalue weighted by molar-refractivity contribution is 0.104. The summed E-state index contributed by atoms with van der Waals surface area (Å²) in [6.45, 7) is 3.87. The van der Waals surface area contributed by atoms with Crippen LogP contribution in [0.15, 0.2) is 89.9 Å². The molecule has 0 saturated heterocycles.